The molecule has 0 unspecified atom stereocenters. The molecule has 3 heteroatoms. The first-order valence-electron chi connectivity index (χ1n) is 4.15. The van der Waals surface area contributed by atoms with Crippen LogP contribution in [0.1, 0.15) is 11.1 Å². The van der Waals surface area contributed by atoms with Crippen molar-refractivity contribution in [3.63, 3.8) is 0 Å². The van der Waals surface area contributed by atoms with Crippen molar-refractivity contribution in [1.82, 2.24) is 0 Å². The van der Waals surface area contributed by atoms with Gasteiger partial charge in [0, 0.05) is 0 Å². The second-order valence-corrected chi connectivity index (χ2v) is 3.04. The van der Waals surface area contributed by atoms with Crippen LogP contribution in [0.25, 0.3) is 11.0 Å². The van der Waals surface area contributed by atoms with E-state index in [0.717, 1.165) is 5.56 Å². The van der Waals surface area contributed by atoms with Gasteiger partial charge in [-0.1, -0.05) is 12.1 Å². The zero-order valence-corrected chi connectivity index (χ0v) is 7.57. The lowest BCUT2D eigenvalue weighted by Gasteiger charge is -1.99. The smallest absolute Gasteiger partial charge is 0.210 e. The lowest BCUT2D eigenvalue weighted by Crippen LogP contribution is -2.05. The molecule has 0 aliphatic heterocycles. The number of nitriles is 1. The van der Waals surface area contributed by atoms with Crippen LogP contribution in [0.15, 0.2) is 33.7 Å². The first-order valence-corrected chi connectivity index (χ1v) is 4.15. The number of hydrogen-bond acceptors (Lipinski definition) is 3. The van der Waals surface area contributed by atoms with Crippen LogP contribution in [-0.4, -0.2) is 0 Å². The molecule has 0 atom stereocenters. The highest BCUT2D eigenvalue weighted by molar-refractivity contribution is 5.80. The molecule has 0 spiro atoms. The summed E-state index contributed by atoms with van der Waals surface area (Å²) in [5, 5.41) is 9.10. The Morgan fingerprint density at radius 3 is 2.93 bits per heavy atom. The number of nitrogens with zero attached hydrogens (tertiary/aromatic N) is 1. The minimum atomic E-state index is -0.266. The summed E-state index contributed by atoms with van der Waals surface area (Å²) >= 11 is 0. The van der Waals surface area contributed by atoms with Gasteiger partial charge >= 0.3 is 0 Å². The fraction of sp³-hybridized carbons (Fsp3) is 0.0909. The van der Waals surface area contributed by atoms with Crippen molar-refractivity contribution < 1.29 is 4.42 Å². The predicted octanol–water partition coefficient (Wildman–Crippen LogP) is 1.97. The molecule has 0 fully saturated rings. The van der Waals surface area contributed by atoms with E-state index in [9.17, 15) is 4.79 Å². The van der Waals surface area contributed by atoms with E-state index in [1.165, 1.54) is 6.26 Å². The summed E-state index contributed by atoms with van der Waals surface area (Å²) in [6, 6.07) is 7.09. The molecule has 68 valence electrons. The normalized spacial score (nSPS) is 10.0. The fourth-order valence-electron chi connectivity index (χ4n) is 1.38. The average molecular weight is 185 g/mol. The maximum Gasteiger partial charge on any atom is 0.210 e. The lowest BCUT2D eigenvalue weighted by atomic mass is 10.1. The number of para-hydroxylation sites is 1. The van der Waals surface area contributed by atoms with Crippen molar-refractivity contribution in [2.24, 2.45) is 0 Å². The van der Waals surface area contributed by atoms with Crippen molar-refractivity contribution >= 4 is 11.0 Å². The highest BCUT2D eigenvalue weighted by atomic mass is 16.3. The van der Waals surface area contributed by atoms with Crippen LogP contribution >= 0.6 is 0 Å². The largest absolute Gasteiger partial charge is 0.462 e. The number of benzene rings is 1. The topological polar surface area (TPSA) is 54.0 Å². The van der Waals surface area contributed by atoms with Gasteiger partial charge in [0.2, 0.25) is 5.43 Å². The zero-order chi connectivity index (χ0) is 10.1. The molecule has 2 aromatic rings. The third-order valence-corrected chi connectivity index (χ3v) is 2.12. The molecule has 14 heavy (non-hydrogen) atoms. The highest BCUT2D eigenvalue weighted by Gasteiger charge is 2.06. The lowest BCUT2D eigenvalue weighted by molar-refractivity contribution is 0.598. The van der Waals surface area contributed by atoms with E-state index >= 15 is 0 Å². The zero-order valence-electron chi connectivity index (χ0n) is 7.57. The van der Waals surface area contributed by atoms with E-state index in [1.807, 2.05) is 13.0 Å². The average Bonchev–Trinajstić information content (AvgIpc) is 2.20. The Kier molecular flexibility index (Phi) is 1.83. The van der Waals surface area contributed by atoms with E-state index in [4.69, 9.17) is 9.68 Å². The number of fused-ring (bicyclic) bond motifs is 1. The molecular formula is C11H7NO2. The van der Waals surface area contributed by atoms with Crippen LogP contribution in [0.4, 0.5) is 0 Å². The monoisotopic (exact) mass is 185 g/mol. The summed E-state index contributed by atoms with van der Waals surface area (Å²) in [5.74, 6) is 0. The Morgan fingerprint density at radius 1 is 1.43 bits per heavy atom. The minimum absolute atomic E-state index is 0.0445. The Hall–Kier alpha value is -2.08. The van der Waals surface area contributed by atoms with Crippen molar-refractivity contribution in [3.05, 3.63) is 45.8 Å². The van der Waals surface area contributed by atoms with Gasteiger partial charge in [-0.15, -0.1) is 0 Å². The summed E-state index contributed by atoms with van der Waals surface area (Å²) in [7, 11) is 0. The van der Waals surface area contributed by atoms with E-state index in [0.29, 0.717) is 11.0 Å². The molecule has 1 aromatic heterocycles. The number of aryl methyl sites for hydroxylation is 1. The van der Waals surface area contributed by atoms with Gasteiger partial charge < -0.3 is 4.42 Å². The SMILES string of the molecule is Cc1cccc2c(=O)c(C#N)coc12. The Bertz CT molecular complexity index is 590. The van der Waals surface area contributed by atoms with Crippen LogP contribution in [0, 0.1) is 18.3 Å². The van der Waals surface area contributed by atoms with Crippen molar-refractivity contribution in [2.45, 2.75) is 6.92 Å². The summed E-state index contributed by atoms with van der Waals surface area (Å²) in [6.07, 6.45) is 1.21. The van der Waals surface area contributed by atoms with Gasteiger partial charge in [-0.2, -0.15) is 5.26 Å². The summed E-state index contributed by atoms with van der Waals surface area (Å²) in [4.78, 5) is 11.6. The molecular weight excluding hydrogens is 178 g/mol. The van der Waals surface area contributed by atoms with Crippen LogP contribution in [-0.2, 0) is 0 Å². The summed E-state index contributed by atoms with van der Waals surface area (Å²) in [6.45, 7) is 1.86. The third-order valence-electron chi connectivity index (χ3n) is 2.12. The van der Waals surface area contributed by atoms with Gasteiger partial charge in [-0.05, 0) is 18.6 Å². The highest BCUT2D eigenvalue weighted by Crippen LogP contribution is 2.15. The summed E-state index contributed by atoms with van der Waals surface area (Å²) in [5.41, 5.74) is 1.22. The molecule has 0 saturated carbocycles. The van der Waals surface area contributed by atoms with Crippen LogP contribution in [0.5, 0.6) is 0 Å². The maximum atomic E-state index is 11.6. The molecule has 0 saturated heterocycles. The maximum absolute atomic E-state index is 11.6. The minimum Gasteiger partial charge on any atom is -0.462 e. The molecule has 0 radical (unpaired) electrons. The van der Waals surface area contributed by atoms with Gasteiger partial charge in [0.1, 0.15) is 23.5 Å². The van der Waals surface area contributed by atoms with Gasteiger partial charge in [-0.25, -0.2) is 0 Å². The van der Waals surface area contributed by atoms with Gasteiger partial charge in [0.25, 0.3) is 0 Å². The quantitative estimate of drug-likeness (QED) is 0.630. The first-order chi connectivity index (χ1) is 6.74. The molecule has 0 N–H and O–H groups in total. The van der Waals surface area contributed by atoms with Crippen LogP contribution < -0.4 is 5.43 Å². The number of hydrogen-bond donors (Lipinski definition) is 0. The second kappa shape index (κ2) is 3.00. The van der Waals surface area contributed by atoms with Crippen LogP contribution in [0.3, 0.4) is 0 Å². The molecule has 0 amide bonds. The van der Waals surface area contributed by atoms with E-state index in [2.05, 4.69) is 0 Å². The van der Waals surface area contributed by atoms with Crippen molar-refractivity contribution in [2.75, 3.05) is 0 Å². The molecule has 1 heterocycles. The van der Waals surface area contributed by atoms with E-state index in [1.54, 1.807) is 18.2 Å². The first kappa shape index (κ1) is 8.52. The Morgan fingerprint density at radius 2 is 2.21 bits per heavy atom. The molecule has 3 nitrogen and oxygen atoms in total. The molecule has 0 bridgehead atoms. The van der Waals surface area contributed by atoms with Crippen molar-refractivity contribution in [1.29, 1.82) is 5.26 Å². The van der Waals surface area contributed by atoms with E-state index in [-0.39, 0.29) is 11.0 Å². The Labute approximate surface area is 80.2 Å². The van der Waals surface area contributed by atoms with Gasteiger partial charge in [0.05, 0.1) is 5.39 Å². The Balaban J connectivity index is 3.00. The molecule has 0 aliphatic carbocycles. The van der Waals surface area contributed by atoms with Crippen LogP contribution in [0.2, 0.25) is 0 Å². The van der Waals surface area contributed by atoms with Gasteiger partial charge in [-0.3, -0.25) is 4.79 Å². The second-order valence-electron chi connectivity index (χ2n) is 3.04. The third kappa shape index (κ3) is 1.09. The predicted molar refractivity (Wildman–Crippen MR) is 51.9 cm³/mol. The van der Waals surface area contributed by atoms with E-state index < -0.39 is 0 Å². The standard InChI is InChI=1S/C11H7NO2/c1-7-3-2-4-9-10(13)8(5-12)6-14-11(7)9/h2-4,6H,1H3. The summed E-state index contributed by atoms with van der Waals surface area (Å²) < 4.78 is 5.22. The van der Waals surface area contributed by atoms with Crippen molar-refractivity contribution in [3.8, 4) is 6.07 Å². The molecule has 2 rings (SSSR count). The molecule has 1 aromatic carbocycles. The molecule has 0 aliphatic rings. The fourth-order valence-corrected chi connectivity index (χ4v) is 1.38. The number of rotatable bonds is 0. The van der Waals surface area contributed by atoms with Gasteiger partial charge in [0.15, 0.2) is 0 Å².